The molecule has 1 aromatic carbocycles. The van der Waals surface area contributed by atoms with Gasteiger partial charge >= 0.3 is 0 Å². The number of carbonyl (C=O) groups is 1. The third kappa shape index (κ3) is 4.00. The minimum Gasteiger partial charge on any atom is -0.504 e. The number of benzene rings is 1. The number of rotatable bonds is 6. The Bertz CT molecular complexity index is 718. The third-order valence-electron chi connectivity index (χ3n) is 3.11. The SMILES string of the molecule is COc1cc(C(=O)/C=C/c2ccc(OC)c(O)c2)cc(OC)n1. The van der Waals surface area contributed by atoms with Crippen LogP contribution in [0.15, 0.2) is 36.4 Å². The van der Waals surface area contributed by atoms with Crippen LogP contribution in [0.2, 0.25) is 0 Å². The molecule has 0 atom stereocenters. The number of phenols is 1. The van der Waals surface area contributed by atoms with Crippen LogP contribution in [0.5, 0.6) is 23.3 Å². The molecule has 0 saturated heterocycles. The van der Waals surface area contributed by atoms with Gasteiger partial charge in [-0.05, 0) is 23.8 Å². The maximum absolute atomic E-state index is 12.2. The topological polar surface area (TPSA) is 77.9 Å². The van der Waals surface area contributed by atoms with E-state index in [0.717, 1.165) is 0 Å². The van der Waals surface area contributed by atoms with E-state index in [9.17, 15) is 9.90 Å². The molecule has 1 N–H and O–H groups in total. The van der Waals surface area contributed by atoms with Crippen LogP contribution in [-0.2, 0) is 0 Å². The van der Waals surface area contributed by atoms with Crippen molar-refractivity contribution in [2.75, 3.05) is 21.3 Å². The monoisotopic (exact) mass is 315 g/mol. The molecule has 120 valence electrons. The van der Waals surface area contributed by atoms with E-state index in [1.807, 2.05) is 0 Å². The summed E-state index contributed by atoms with van der Waals surface area (Å²) in [4.78, 5) is 16.3. The van der Waals surface area contributed by atoms with Crippen LogP contribution in [0.1, 0.15) is 15.9 Å². The first-order valence-electron chi connectivity index (χ1n) is 6.77. The van der Waals surface area contributed by atoms with E-state index < -0.39 is 0 Å². The summed E-state index contributed by atoms with van der Waals surface area (Å²) in [5, 5.41) is 9.73. The Morgan fingerprint density at radius 2 is 1.70 bits per heavy atom. The van der Waals surface area contributed by atoms with Gasteiger partial charge in [0.2, 0.25) is 11.8 Å². The molecule has 0 aliphatic heterocycles. The Morgan fingerprint density at radius 1 is 1.04 bits per heavy atom. The number of phenolic OH excluding ortho intramolecular Hbond substituents is 1. The summed E-state index contributed by atoms with van der Waals surface area (Å²) in [5.74, 6) is 0.733. The summed E-state index contributed by atoms with van der Waals surface area (Å²) in [6.45, 7) is 0. The maximum atomic E-state index is 12.2. The molecule has 0 aliphatic rings. The zero-order chi connectivity index (χ0) is 16.8. The van der Waals surface area contributed by atoms with Gasteiger partial charge in [0, 0.05) is 17.7 Å². The van der Waals surface area contributed by atoms with Gasteiger partial charge in [0.25, 0.3) is 0 Å². The van der Waals surface area contributed by atoms with Crippen molar-refractivity contribution in [1.29, 1.82) is 0 Å². The third-order valence-corrected chi connectivity index (χ3v) is 3.11. The van der Waals surface area contributed by atoms with Crippen LogP contribution in [0, 0.1) is 0 Å². The first-order chi connectivity index (χ1) is 11.1. The lowest BCUT2D eigenvalue weighted by Crippen LogP contribution is -1.99. The van der Waals surface area contributed by atoms with Crippen molar-refractivity contribution in [1.82, 2.24) is 4.98 Å². The lowest BCUT2D eigenvalue weighted by atomic mass is 10.1. The summed E-state index contributed by atoms with van der Waals surface area (Å²) in [7, 11) is 4.40. The summed E-state index contributed by atoms with van der Waals surface area (Å²) in [6.07, 6.45) is 3.00. The van der Waals surface area contributed by atoms with Crippen molar-refractivity contribution in [3.05, 3.63) is 47.5 Å². The number of pyridine rings is 1. The van der Waals surface area contributed by atoms with Gasteiger partial charge in [-0.25, -0.2) is 0 Å². The number of carbonyl (C=O) groups excluding carboxylic acids is 1. The smallest absolute Gasteiger partial charge is 0.216 e. The second kappa shape index (κ2) is 7.31. The highest BCUT2D eigenvalue weighted by Crippen LogP contribution is 2.27. The predicted molar refractivity (Wildman–Crippen MR) is 85.4 cm³/mol. The predicted octanol–water partition coefficient (Wildman–Crippen LogP) is 2.71. The van der Waals surface area contributed by atoms with Crippen LogP contribution in [-0.4, -0.2) is 37.2 Å². The Kier molecular flexibility index (Phi) is 5.19. The normalized spacial score (nSPS) is 10.6. The molecule has 1 heterocycles. The summed E-state index contributed by atoms with van der Waals surface area (Å²) in [6, 6.07) is 7.92. The van der Waals surface area contributed by atoms with Crippen molar-refractivity contribution in [3.63, 3.8) is 0 Å². The highest BCUT2D eigenvalue weighted by molar-refractivity contribution is 6.07. The number of aromatic hydroxyl groups is 1. The number of methoxy groups -OCH3 is 3. The fourth-order valence-electron chi connectivity index (χ4n) is 1.91. The van der Waals surface area contributed by atoms with Gasteiger partial charge < -0.3 is 19.3 Å². The van der Waals surface area contributed by atoms with Crippen LogP contribution < -0.4 is 14.2 Å². The standard InChI is InChI=1S/C17H17NO5/c1-21-15-7-5-11(8-14(15)20)4-6-13(19)12-9-16(22-2)18-17(10-12)23-3/h4-10,20H,1-3H3/b6-4+. The van der Waals surface area contributed by atoms with Crippen LogP contribution in [0.25, 0.3) is 6.08 Å². The highest BCUT2D eigenvalue weighted by atomic mass is 16.5. The number of hydrogen-bond acceptors (Lipinski definition) is 6. The van der Waals surface area contributed by atoms with E-state index in [-0.39, 0.29) is 11.5 Å². The maximum Gasteiger partial charge on any atom is 0.216 e. The second-order valence-corrected chi connectivity index (χ2v) is 4.57. The first kappa shape index (κ1) is 16.4. The molecule has 0 amide bonds. The molecular weight excluding hydrogens is 298 g/mol. The number of hydrogen-bond donors (Lipinski definition) is 1. The van der Waals surface area contributed by atoms with E-state index in [4.69, 9.17) is 14.2 Å². The molecule has 23 heavy (non-hydrogen) atoms. The minimum absolute atomic E-state index is 0.00866. The summed E-state index contributed by atoms with van der Waals surface area (Å²) < 4.78 is 15.0. The molecule has 2 aromatic rings. The fraction of sp³-hybridized carbons (Fsp3) is 0.176. The zero-order valence-electron chi connectivity index (χ0n) is 13.1. The lowest BCUT2D eigenvalue weighted by Gasteiger charge is -2.05. The molecule has 0 aliphatic carbocycles. The fourth-order valence-corrected chi connectivity index (χ4v) is 1.91. The first-order valence-corrected chi connectivity index (χ1v) is 6.77. The summed E-state index contributed by atoms with van der Waals surface area (Å²) >= 11 is 0. The lowest BCUT2D eigenvalue weighted by molar-refractivity contribution is 0.104. The van der Waals surface area contributed by atoms with Crippen molar-refractivity contribution >= 4 is 11.9 Å². The van der Waals surface area contributed by atoms with E-state index in [1.165, 1.54) is 45.6 Å². The number of ether oxygens (including phenoxy) is 3. The van der Waals surface area contributed by atoms with E-state index in [2.05, 4.69) is 4.98 Å². The number of nitrogens with zero attached hydrogens (tertiary/aromatic N) is 1. The van der Waals surface area contributed by atoms with Crippen molar-refractivity contribution in [2.45, 2.75) is 0 Å². The Morgan fingerprint density at radius 3 is 2.22 bits per heavy atom. The molecule has 0 unspecified atom stereocenters. The molecule has 0 bridgehead atoms. The van der Waals surface area contributed by atoms with Crippen molar-refractivity contribution in [3.8, 4) is 23.3 Å². The molecule has 1 aromatic heterocycles. The van der Waals surface area contributed by atoms with Gasteiger partial charge in [0.1, 0.15) is 0 Å². The van der Waals surface area contributed by atoms with Gasteiger partial charge in [-0.3, -0.25) is 4.79 Å². The number of allylic oxidation sites excluding steroid dienone is 1. The van der Waals surface area contributed by atoms with Gasteiger partial charge in [-0.1, -0.05) is 12.1 Å². The summed E-state index contributed by atoms with van der Waals surface area (Å²) in [5.41, 5.74) is 1.06. The van der Waals surface area contributed by atoms with E-state index in [1.54, 1.807) is 18.2 Å². The van der Waals surface area contributed by atoms with Gasteiger partial charge in [-0.15, -0.1) is 0 Å². The quantitative estimate of drug-likeness (QED) is 0.652. The van der Waals surface area contributed by atoms with Crippen LogP contribution in [0.3, 0.4) is 0 Å². The number of ketones is 1. The zero-order valence-corrected chi connectivity index (χ0v) is 13.1. The molecular formula is C17H17NO5. The molecule has 0 fully saturated rings. The van der Waals surface area contributed by atoms with Crippen molar-refractivity contribution in [2.24, 2.45) is 0 Å². The Balaban J connectivity index is 2.22. The second-order valence-electron chi connectivity index (χ2n) is 4.57. The molecule has 0 spiro atoms. The van der Waals surface area contributed by atoms with Gasteiger partial charge in [-0.2, -0.15) is 4.98 Å². The largest absolute Gasteiger partial charge is 0.504 e. The molecule has 6 heteroatoms. The molecule has 0 saturated carbocycles. The number of aromatic nitrogens is 1. The average molecular weight is 315 g/mol. The minimum atomic E-state index is -0.237. The van der Waals surface area contributed by atoms with Crippen LogP contribution in [0.4, 0.5) is 0 Å². The van der Waals surface area contributed by atoms with Gasteiger partial charge in [0.15, 0.2) is 17.3 Å². The van der Waals surface area contributed by atoms with Crippen molar-refractivity contribution < 1.29 is 24.1 Å². The average Bonchev–Trinajstić information content (AvgIpc) is 2.59. The Labute approximate surface area is 134 Å². The molecule has 2 rings (SSSR count). The van der Waals surface area contributed by atoms with Crippen LogP contribution >= 0.6 is 0 Å². The molecule has 6 nitrogen and oxygen atoms in total. The van der Waals surface area contributed by atoms with Gasteiger partial charge in [0.05, 0.1) is 21.3 Å². The van der Waals surface area contributed by atoms with E-state index in [0.29, 0.717) is 28.6 Å². The Hall–Kier alpha value is -3.02. The molecule has 0 radical (unpaired) electrons. The highest BCUT2D eigenvalue weighted by Gasteiger charge is 2.09. The van der Waals surface area contributed by atoms with E-state index >= 15 is 0 Å².